The molecule has 1 N–H and O–H groups in total. The molecule has 1 aromatic heterocycles. The molecule has 5 nitrogen and oxygen atoms in total. The molecular weight excluding hydrogens is 429 g/mol. The van der Waals surface area contributed by atoms with Crippen LogP contribution >= 0.6 is 0 Å². The minimum Gasteiger partial charge on any atom is -0.489 e. The Morgan fingerprint density at radius 1 is 0.971 bits per heavy atom. The van der Waals surface area contributed by atoms with E-state index in [0.717, 1.165) is 39.5 Å². The number of aryl methyl sites for hydroxylation is 1. The van der Waals surface area contributed by atoms with Crippen LogP contribution in [-0.4, -0.2) is 16.7 Å². The Hall–Kier alpha value is -4.19. The molecule has 1 amide bonds. The van der Waals surface area contributed by atoms with Gasteiger partial charge in [-0.3, -0.25) is 4.79 Å². The maximum Gasteiger partial charge on any atom is 0.244 e. The molecule has 34 heavy (non-hydrogen) atoms. The molecule has 0 fully saturated rings. The molecule has 4 rings (SSSR count). The summed E-state index contributed by atoms with van der Waals surface area (Å²) in [4.78, 5) is 12.1. The van der Waals surface area contributed by atoms with Crippen molar-refractivity contribution in [3.8, 4) is 11.4 Å². The molecule has 1 heterocycles. The largest absolute Gasteiger partial charge is 0.489 e. The second kappa shape index (κ2) is 10.6. The molecule has 0 radical (unpaired) electrons. The normalized spacial score (nSPS) is 11.0. The van der Waals surface area contributed by atoms with Crippen molar-refractivity contribution in [3.05, 3.63) is 119 Å². The summed E-state index contributed by atoms with van der Waals surface area (Å²) >= 11 is 0. The Kier molecular flexibility index (Phi) is 7.18. The number of hydrogen-bond donors (Lipinski definition) is 1. The summed E-state index contributed by atoms with van der Waals surface area (Å²) < 4.78 is 21.0. The fraction of sp³-hybridized carbons (Fsp3) is 0.143. The molecule has 4 aromatic rings. The third kappa shape index (κ3) is 5.78. The minimum atomic E-state index is -0.327. The Bertz CT molecular complexity index is 1280. The van der Waals surface area contributed by atoms with Crippen LogP contribution in [0, 0.1) is 19.7 Å². The quantitative estimate of drug-likeness (QED) is 0.282. The number of hydrazone groups is 1. The van der Waals surface area contributed by atoms with Gasteiger partial charge in [0.05, 0.1) is 12.6 Å². The van der Waals surface area contributed by atoms with Gasteiger partial charge in [0, 0.05) is 22.6 Å². The third-order valence-corrected chi connectivity index (χ3v) is 5.48. The van der Waals surface area contributed by atoms with Crippen molar-refractivity contribution in [1.82, 2.24) is 9.99 Å². The van der Waals surface area contributed by atoms with E-state index in [4.69, 9.17) is 4.74 Å². The van der Waals surface area contributed by atoms with Crippen LogP contribution in [-0.2, 0) is 17.8 Å². The van der Waals surface area contributed by atoms with Crippen molar-refractivity contribution in [2.75, 3.05) is 0 Å². The lowest BCUT2D eigenvalue weighted by Crippen LogP contribution is -2.19. The summed E-state index contributed by atoms with van der Waals surface area (Å²) in [6.07, 6.45) is 1.77. The molecule has 0 atom stereocenters. The highest BCUT2D eigenvalue weighted by Gasteiger charge is 2.10. The lowest BCUT2D eigenvalue weighted by atomic mass is 10.1. The minimum absolute atomic E-state index is 0.134. The van der Waals surface area contributed by atoms with Crippen LogP contribution in [0.1, 0.15) is 28.1 Å². The molecule has 172 valence electrons. The highest BCUT2D eigenvalue weighted by atomic mass is 19.1. The number of carbonyl (C=O) groups excluding carboxylic acids is 1. The summed E-state index contributed by atoms with van der Waals surface area (Å²) in [5.41, 5.74) is 8.36. The van der Waals surface area contributed by atoms with Gasteiger partial charge in [-0.25, -0.2) is 9.82 Å². The number of carbonyl (C=O) groups is 1. The molecule has 0 saturated heterocycles. The first-order chi connectivity index (χ1) is 16.5. The number of hydrogen-bond acceptors (Lipinski definition) is 3. The molecule has 3 aromatic carbocycles. The van der Waals surface area contributed by atoms with Crippen molar-refractivity contribution in [2.45, 2.75) is 26.9 Å². The van der Waals surface area contributed by atoms with Gasteiger partial charge in [0.25, 0.3) is 0 Å². The van der Waals surface area contributed by atoms with Crippen LogP contribution in [0.15, 0.2) is 90.0 Å². The van der Waals surface area contributed by atoms with E-state index in [1.807, 2.05) is 74.5 Å². The van der Waals surface area contributed by atoms with Crippen LogP contribution in [0.25, 0.3) is 5.69 Å². The Balaban J connectivity index is 1.38. The second-order valence-corrected chi connectivity index (χ2v) is 8.03. The summed E-state index contributed by atoms with van der Waals surface area (Å²) in [6.45, 7) is 4.56. The first-order valence-corrected chi connectivity index (χ1v) is 11.0. The van der Waals surface area contributed by atoms with Gasteiger partial charge in [-0.1, -0.05) is 42.5 Å². The Labute approximate surface area is 198 Å². The van der Waals surface area contributed by atoms with Gasteiger partial charge in [-0.15, -0.1) is 0 Å². The fourth-order valence-electron chi connectivity index (χ4n) is 3.75. The number of nitrogens with zero attached hydrogens (tertiary/aromatic N) is 2. The number of ether oxygens (including phenoxy) is 1. The SMILES string of the molecule is Cc1cc(/C=N/NC(=O)Cc2ccc(F)cc2)c(C)n1-c1ccc(OCc2ccccc2)cc1. The van der Waals surface area contributed by atoms with Gasteiger partial charge >= 0.3 is 0 Å². The second-order valence-electron chi connectivity index (χ2n) is 8.03. The van der Waals surface area contributed by atoms with Crippen molar-refractivity contribution in [2.24, 2.45) is 5.10 Å². The van der Waals surface area contributed by atoms with Gasteiger partial charge in [0.15, 0.2) is 0 Å². The maximum atomic E-state index is 13.0. The maximum absolute atomic E-state index is 13.0. The van der Waals surface area contributed by atoms with Gasteiger partial charge in [-0.2, -0.15) is 5.10 Å². The lowest BCUT2D eigenvalue weighted by Gasteiger charge is -2.11. The average molecular weight is 456 g/mol. The topological polar surface area (TPSA) is 55.6 Å². The van der Waals surface area contributed by atoms with E-state index in [0.29, 0.717) is 6.61 Å². The zero-order valence-corrected chi connectivity index (χ0v) is 19.2. The smallest absolute Gasteiger partial charge is 0.244 e. The molecule has 0 bridgehead atoms. The predicted molar refractivity (Wildman–Crippen MR) is 132 cm³/mol. The van der Waals surface area contributed by atoms with Crippen molar-refractivity contribution in [1.29, 1.82) is 0 Å². The van der Waals surface area contributed by atoms with Gasteiger partial charge in [0.1, 0.15) is 18.2 Å². The highest BCUT2D eigenvalue weighted by molar-refractivity contribution is 5.84. The van der Waals surface area contributed by atoms with E-state index in [1.54, 1.807) is 18.3 Å². The fourth-order valence-corrected chi connectivity index (χ4v) is 3.75. The molecule has 0 saturated carbocycles. The number of aromatic nitrogens is 1. The highest BCUT2D eigenvalue weighted by Crippen LogP contribution is 2.22. The zero-order chi connectivity index (χ0) is 23.9. The summed E-state index contributed by atoms with van der Waals surface area (Å²) in [7, 11) is 0. The van der Waals surface area contributed by atoms with Crippen molar-refractivity contribution in [3.63, 3.8) is 0 Å². The third-order valence-electron chi connectivity index (χ3n) is 5.48. The van der Waals surface area contributed by atoms with Gasteiger partial charge < -0.3 is 9.30 Å². The van der Waals surface area contributed by atoms with E-state index in [2.05, 4.69) is 15.1 Å². The summed E-state index contributed by atoms with van der Waals surface area (Å²) in [6, 6.07) is 25.9. The monoisotopic (exact) mass is 455 g/mol. The van der Waals surface area contributed by atoms with E-state index < -0.39 is 0 Å². The number of rotatable bonds is 8. The standard InChI is InChI=1S/C28H26FN3O2/c1-20-16-24(18-30-31-28(33)17-22-8-10-25(29)11-9-22)21(2)32(20)26-12-14-27(15-13-26)34-19-23-6-4-3-5-7-23/h3-16,18H,17,19H2,1-2H3,(H,31,33)/b30-18+. The molecule has 0 spiro atoms. The first kappa shape index (κ1) is 23.0. The molecule has 0 aliphatic carbocycles. The predicted octanol–water partition coefficient (Wildman–Crippen LogP) is 5.51. The summed E-state index contributed by atoms with van der Waals surface area (Å²) in [5.74, 6) is 0.218. The lowest BCUT2D eigenvalue weighted by molar-refractivity contribution is -0.120. The van der Waals surface area contributed by atoms with Crippen LogP contribution < -0.4 is 10.2 Å². The number of benzene rings is 3. The number of halogens is 1. The van der Waals surface area contributed by atoms with Gasteiger partial charge in [-0.05, 0) is 67.4 Å². The van der Waals surface area contributed by atoms with Gasteiger partial charge in [0.2, 0.25) is 5.91 Å². The molecule has 0 unspecified atom stereocenters. The average Bonchev–Trinajstić information content (AvgIpc) is 3.13. The van der Waals surface area contributed by atoms with E-state index in [9.17, 15) is 9.18 Å². The molecule has 0 aliphatic rings. The molecule has 0 aliphatic heterocycles. The van der Waals surface area contributed by atoms with E-state index in [1.165, 1.54) is 12.1 Å². The van der Waals surface area contributed by atoms with E-state index >= 15 is 0 Å². The Morgan fingerprint density at radius 2 is 1.68 bits per heavy atom. The molecular formula is C28H26FN3O2. The van der Waals surface area contributed by atoms with Crippen LogP contribution in [0.3, 0.4) is 0 Å². The van der Waals surface area contributed by atoms with E-state index in [-0.39, 0.29) is 18.1 Å². The number of amides is 1. The number of nitrogens with one attached hydrogen (secondary N) is 1. The van der Waals surface area contributed by atoms with Crippen molar-refractivity contribution >= 4 is 12.1 Å². The van der Waals surface area contributed by atoms with Crippen LogP contribution in [0.5, 0.6) is 5.75 Å². The van der Waals surface area contributed by atoms with Crippen LogP contribution in [0.4, 0.5) is 4.39 Å². The Morgan fingerprint density at radius 3 is 2.38 bits per heavy atom. The summed E-state index contributed by atoms with van der Waals surface area (Å²) in [5, 5.41) is 4.10. The van der Waals surface area contributed by atoms with Crippen molar-refractivity contribution < 1.29 is 13.9 Å². The molecule has 6 heteroatoms. The zero-order valence-electron chi connectivity index (χ0n) is 19.2. The van der Waals surface area contributed by atoms with Crippen LogP contribution in [0.2, 0.25) is 0 Å². The first-order valence-electron chi connectivity index (χ1n) is 11.0.